The lowest BCUT2D eigenvalue weighted by atomic mass is 10.2. The van der Waals surface area contributed by atoms with Gasteiger partial charge in [-0.25, -0.2) is 0 Å². The number of nitriles is 1. The summed E-state index contributed by atoms with van der Waals surface area (Å²) in [6, 6.07) is 6.60. The summed E-state index contributed by atoms with van der Waals surface area (Å²) in [5, 5.41) is 8.49. The van der Waals surface area contributed by atoms with Gasteiger partial charge in [-0.2, -0.15) is 27.2 Å². The summed E-state index contributed by atoms with van der Waals surface area (Å²) >= 11 is 0. The Hall–Kier alpha value is -1.84. The molecule has 0 aliphatic rings. The highest BCUT2D eigenvalue weighted by atomic mass is 19.4. The molecule has 0 spiro atoms. The van der Waals surface area contributed by atoms with Crippen molar-refractivity contribution in [3.05, 3.63) is 29.8 Å². The van der Waals surface area contributed by atoms with Crippen LogP contribution < -0.4 is 4.74 Å². The van der Waals surface area contributed by atoms with Crippen LogP contribution in [0.25, 0.3) is 0 Å². The lowest BCUT2D eigenvalue weighted by Crippen LogP contribution is -2.48. The van der Waals surface area contributed by atoms with Gasteiger partial charge in [-0.1, -0.05) is 0 Å². The highest BCUT2D eigenvalue weighted by Crippen LogP contribution is 2.39. The monoisotopic (exact) mass is 265 g/mol. The maximum Gasteiger partial charge on any atom is 0.457 e. The zero-order valence-electron chi connectivity index (χ0n) is 9.13. The molecule has 2 nitrogen and oxygen atoms in total. The van der Waals surface area contributed by atoms with Crippen LogP contribution in [-0.2, 0) is 0 Å². The van der Waals surface area contributed by atoms with Crippen LogP contribution in [0, 0.1) is 11.3 Å². The fourth-order valence-corrected chi connectivity index (χ4v) is 1.12. The third-order valence-corrected chi connectivity index (χ3v) is 2.18. The Morgan fingerprint density at radius 1 is 1.11 bits per heavy atom. The zero-order chi connectivity index (χ0) is 14.0. The van der Waals surface area contributed by atoms with Crippen molar-refractivity contribution in [3.8, 4) is 11.8 Å². The number of rotatable bonds is 3. The Kier molecular flexibility index (Phi) is 3.79. The van der Waals surface area contributed by atoms with Crippen LogP contribution in [0.1, 0.15) is 12.5 Å². The van der Waals surface area contributed by atoms with Gasteiger partial charge < -0.3 is 4.74 Å². The van der Waals surface area contributed by atoms with E-state index in [-0.39, 0.29) is 11.3 Å². The van der Waals surface area contributed by atoms with Crippen LogP contribution in [0.5, 0.6) is 5.75 Å². The molecule has 1 unspecified atom stereocenters. The first-order valence-electron chi connectivity index (χ1n) is 4.80. The molecule has 18 heavy (non-hydrogen) atoms. The number of hydrogen-bond acceptors (Lipinski definition) is 2. The van der Waals surface area contributed by atoms with Crippen molar-refractivity contribution in [2.45, 2.75) is 25.1 Å². The first-order valence-corrected chi connectivity index (χ1v) is 4.80. The van der Waals surface area contributed by atoms with Gasteiger partial charge in [0.1, 0.15) is 5.75 Å². The molecule has 1 aromatic rings. The molecule has 0 aliphatic heterocycles. The Morgan fingerprint density at radius 3 is 2.00 bits per heavy atom. The minimum absolute atomic E-state index is 0.162. The van der Waals surface area contributed by atoms with Gasteiger partial charge in [0.05, 0.1) is 11.6 Å². The van der Waals surface area contributed by atoms with Gasteiger partial charge in [0, 0.05) is 0 Å². The molecule has 0 aromatic heterocycles. The number of alkyl halides is 5. The number of halogens is 5. The summed E-state index contributed by atoms with van der Waals surface area (Å²) < 4.78 is 66.3. The van der Waals surface area contributed by atoms with E-state index in [9.17, 15) is 22.0 Å². The first-order chi connectivity index (χ1) is 8.18. The number of nitrogens with zero attached hydrogens (tertiary/aromatic N) is 1. The van der Waals surface area contributed by atoms with Gasteiger partial charge in [-0.3, -0.25) is 0 Å². The second-order valence-corrected chi connectivity index (χ2v) is 3.52. The van der Waals surface area contributed by atoms with E-state index in [0.29, 0.717) is 6.92 Å². The average Bonchev–Trinajstić information content (AvgIpc) is 2.28. The summed E-state index contributed by atoms with van der Waals surface area (Å²) in [4.78, 5) is 0. The van der Waals surface area contributed by atoms with Crippen LogP contribution in [-0.4, -0.2) is 18.2 Å². The molecule has 0 N–H and O–H groups in total. The number of benzene rings is 1. The van der Waals surface area contributed by atoms with Crippen molar-refractivity contribution < 1.29 is 26.7 Å². The molecule has 7 heteroatoms. The van der Waals surface area contributed by atoms with Gasteiger partial charge >= 0.3 is 12.1 Å². The van der Waals surface area contributed by atoms with Crippen molar-refractivity contribution in [3.63, 3.8) is 0 Å². The van der Waals surface area contributed by atoms with Gasteiger partial charge in [0.2, 0.25) is 0 Å². The molecule has 0 radical (unpaired) electrons. The molecule has 1 rings (SSSR count). The van der Waals surface area contributed by atoms with Crippen LogP contribution in [0.15, 0.2) is 24.3 Å². The fraction of sp³-hybridized carbons (Fsp3) is 0.364. The van der Waals surface area contributed by atoms with Gasteiger partial charge in [0.25, 0.3) is 0 Å². The molecule has 0 heterocycles. The molecule has 0 aliphatic carbocycles. The van der Waals surface area contributed by atoms with E-state index in [0.717, 1.165) is 12.1 Å². The Labute approximate surface area is 99.6 Å². The van der Waals surface area contributed by atoms with Gasteiger partial charge in [-0.05, 0) is 31.2 Å². The standard InChI is InChI=1S/C11H8F5NO/c1-7(10(12,13)11(14,15)16)18-9-4-2-8(6-17)3-5-9/h2-5,7H,1H3. The number of ether oxygens (including phenoxy) is 1. The summed E-state index contributed by atoms with van der Waals surface area (Å²) in [7, 11) is 0. The summed E-state index contributed by atoms with van der Waals surface area (Å²) in [6.07, 6.45) is -8.02. The minimum atomic E-state index is -5.67. The largest absolute Gasteiger partial charge is 0.484 e. The highest BCUT2D eigenvalue weighted by Gasteiger charge is 2.62. The number of hydrogen-bond donors (Lipinski definition) is 0. The lowest BCUT2D eigenvalue weighted by molar-refractivity contribution is -0.306. The van der Waals surface area contributed by atoms with Crippen molar-refractivity contribution in [1.82, 2.24) is 0 Å². The van der Waals surface area contributed by atoms with E-state index in [1.807, 2.05) is 0 Å². The van der Waals surface area contributed by atoms with Gasteiger partial charge in [0.15, 0.2) is 6.10 Å². The second kappa shape index (κ2) is 4.80. The topological polar surface area (TPSA) is 33.0 Å². The van der Waals surface area contributed by atoms with Crippen LogP contribution in [0.2, 0.25) is 0 Å². The van der Waals surface area contributed by atoms with Crippen molar-refractivity contribution in [1.29, 1.82) is 5.26 Å². The molecule has 0 amide bonds. The summed E-state index contributed by atoms with van der Waals surface area (Å²) in [5.74, 6) is -5.11. The molecule has 1 aromatic carbocycles. The lowest BCUT2D eigenvalue weighted by Gasteiger charge is -2.26. The molecule has 98 valence electrons. The molecular formula is C11H8F5NO. The smallest absolute Gasteiger partial charge is 0.457 e. The molecule has 0 saturated carbocycles. The minimum Gasteiger partial charge on any atom is -0.484 e. The predicted molar refractivity (Wildman–Crippen MR) is 52.2 cm³/mol. The molecule has 0 bridgehead atoms. The van der Waals surface area contributed by atoms with E-state index < -0.39 is 18.2 Å². The van der Waals surface area contributed by atoms with Crippen LogP contribution >= 0.6 is 0 Å². The van der Waals surface area contributed by atoms with E-state index in [2.05, 4.69) is 4.74 Å². The van der Waals surface area contributed by atoms with Crippen LogP contribution in [0.3, 0.4) is 0 Å². The SMILES string of the molecule is CC(Oc1ccc(C#N)cc1)C(F)(F)C(F)(F)F. The van der Waals surface area contributed by atoms with Gasteiger partial charge in [-0.15, -0.1) is 0 Å². The first kappa shape index (κ1) is 14.2. The predicted octanol–water partition coefficient (Wildman–Crippen LogP) is 3.52. The Morgan fingerprint density at radius 2 is 1.61 bits per heavy atom. The molecular weight excluding hydrogens is 257 g/mol. The maximum atomic E-state index is 12.9. The van der Waals surface area contributed by atoms with Crippen molar-refractivity contribution in [2.24, 2.45) is 0 Å². The maximum absolute atomic E-state index is 12.9. The zero-order valence-corrected chi connectivity index (χ0v) is 9.13. The van der Waals surface area contributed by atoms with E-state index in [1.54, 1.807) is 6.07 Å². The average molecular weight is 265 g/mol. The molecule has 0 saturated heterocycles. The molecule has 1 atom stereocenters. The summed E-state index contributed by atoms with van der Waals surface area (Å²) in [5.41, 5.74) is 0.248. The van der Waals surface area contributed by atoms with E-state index >= 15 is 0 Å². The summed E-state index contributed by atoms with van der Waals surface area (Å²) in [6.45, 7) is 0.631. The second-order valence-electron chi connectivity index (χ2n) is 3.52. The molecule has 0 fully saturated rings. The van der Waals surface area contributed by atoms with Crippen molar-refractivity contribution >= 4 is 0 Å². The normalized spacial score (nSPS) is 13.8. The van der Waals surface area contributed by atoms with Crippen LogP contribution in [0.4, 0.5) is 22.0 Å². The fourth-order valence-electron chi connectivity index (χ4n) is 1.12. The van der Waals surface area contributed by atoms with Crippen molar-refractivity contribution in [2.75, 3.05) is 0 Å². The quantitative estimate of drug-likeness (QED) is 0.783. The van der Waals surface area contributed by atoms with E-state index in [1.165, 1.54) is 12.1 Å². The Bertz CT molecular complexity index is 446. The van der Waals surface area contributed by atoms with E-state index in [4.69, 9.17) is 5.26 Å². The Balaban J connectivity index is 2.81. The third kappa shape index (κ3) is 2.88. The highest BCUT2D eigenvalue weighted by molar-refractivity contribution is 5.34. The third-order valence-electron chi connectivity index (χ3n) is 2.18.